The maximum Gasteiger partial charge on any atom is 0.335 e. The monoisotopic (exact) mass is 330 g/mol. The third-order valence-electron chi connectivity index (χ3n) is 3.36. The largest absolute Gasteiger partial charge is 0.478 e. The van der Waals surface area contributed by atoms with Crippen LogP contribution in [0.25, 0.3) is 6.08 Å². The lowest BCUT2D eigenvalue weighted by molar-refractivity contribution is 0.0696. The molecule has 0 saturated carbocycles. The lowest BCUT2D eigenvalue weighted by Gasteiger charge is -2.17. The molecular formula is C17H11ClO3S. The highest BCUT2D eigenvalue weighted by molar-refractivity contribution is 7.99. The molecule has 0 aliphatic carbocycles. The van der Waals surface area contributed by atoms with E-state index in [-0.39, 0.29) is 11.3 Å². The van der Waals surface area contributed by atoms with Gasteiger partial charge in [-0.1, -0.05) is 23.7 Å². The zero-order valence-corrected chi connectivity index (χ0v) is 12.9. The number of carbonyl (C=O) groups excluding carboxylic acids is 1. The molecule has 3 nitrogen and oxygen atoms in total. The number of hydrogen-bond acceptors (Lipinski definition) is 3. The average molecular weight is 331 g/mol. The van der Waals surface area contributed by atoms with E-state index in [1.165, 1.54) is 12.1 Å². The highest BCUT2D eigenvalue weighted by atomic mass is 35.5. The summed E-state index contributed by atoms with van der Waals surface area (Å²) >= 11 is 7.56. The first-order valence-electron chi connectivity index (χ1n) is 6.55. The van der Waals surface area contributed by atoms with Gasteiger partial charge in [-0.2, -0.15) is 0 Å². The van der Waals surface area contributed by atoms with E-state index in [0.717, 1.165) is 10.5 Å². The predicted octanol–water partition coefficient (Wildman–Crippen LogP) is 4.41. The molecular weight excluding hydrogens is 320 g/mol. The second-order valence-electron chi connectivity index (χ2n) is 4.86. The van der Waals surface area contributed by atoms with Crippen LogP contribution in [0.1, 0.15) is 26.3 Å². The molecule has 22 heavy (non-hydrogen) atoms. The van der Waals surface area contributed by atoms with Gasteiger partial charge in [0.2, 0.25) is 0 Å². The van der Waals surface area contributed by atoms with Crippen molar-refractivity contribution >= 4 is 41.2 Å². The molecule has 0 bridgehead atoms. The Morgan fingerprint density at radius 3 is 2.59 bits per heavy atom. The second kappa shape index (κ2) is 5.99. The van der Waals surface area contributed by atoms with Crippen molar-refractivity contribution in [3.05, 3.63) is 69.8 Å². The molecule has 0 aromatic heterocycles. The van der Waals surface area contributed by atoms with Crippen molar-refractivity contribution in [1.29, 1.82) is 0 Å². The molecule has 5 heteroatoms. The number of fused-ring (bicyclic) bond motifs is 1. The second-order valence-corrected chi connectivity index (χ2v) is 6.31. The summed E-state index contributed by atoms with van der Waals surface area (Å²) in [6.45, 7) is 0. The molecule has 0 radical (unpaired) electrons. The van der Waals surface area contributed by atoms with E-state index >= 15 is 0 Å². The van der Waals surface area contributed by atoms with E-state index in [9.17, 15) is 9.59 Å². The van der Waals surface area contributed by atoms with Crippen molar-refractivity contribution in [2.45, 2.75) is 4.90 Å². The number of carboxylic acid groups (broad SMARTS) is 1. The van der Waals surface area contributed by atoms with Crippen LogP contribution in [0.4, 0.5) is 0 Å². The number of thioether (sulfide) groups is 1. The third-order valence-corrected chi connectivity index (χ3v) is 4.72. The summed E-state index contributed by atoms with van der Waals surface area (Å²) in [5.74, 6) is -0.403. The Kier molecular flexibility index (Phi) is 4.05. The first kappa shape index (κ1) is 14.9. The van der Waals surface area contributed by atoms with Crippen LogP contribution in [0.2, 0.25) is 5.02 Å². The van der Waals surface area contributed by atoms with Gasteiger partial charge in [0.25, 0.3) is 0 Å². The number of aromatic carboxylic acids is 1. The number of carboxylic acids is 1. The number of carbonyl (C=O) groups is 2. The van der Waals surface area contributed by atoms with E-state index in [0.29, 0.717) is 21.9 Å². The molecule has 0 saturated heterocycles. The fourth-order valence-electron chi connectivity index (χ4n) is 2.23. The minimum Gasteiger partial charge on any atom is -0.478 e. The summed E-state index contributed by atoms with van der Waals surface area (Å²) < 4.78 is 0. The van der Waals surface area contributed by atoms with Gasteiger partial charge in [-0.25, -0.2) is 4.79 Å². The Labute approximate surface area is 136 Å². The summed E-state index contributed by atoms with van der Waals surface area (Å²) in [5.41, 5.74) is 2.34. The topological polar surface area (TPSA) is 54.4 Å². The predicted molar refractivity (Wildman–Crippen MR) is 87.9 cm³/mol. The summed E-state index contributed by atoms with van der Waals surface area (Å²) in [6, 6.07) is 11.8. The van der Waals surface area contributed by atoms with Crippen LogP contribution in [0.15, 0.2) is 52.9 Å². The van der Waals surface area contributed by atoms with Gasteiger partial charge in [-0.3, -0.25) is 4.79 Å². The highest BCUT2D eigenvalue weighted by Crippen LogP contribution is 2.34. The summed E-state index contributed by atoms with van der Waals surface area (Å²) in [4.78, 5) is 24.3. The molecule has 0 spiro atoms. The smallest absolute Gasteiger partial charge is 0.335 e. The molecule has 2 aromatic carbocycles. The molecule has 2 aromatic rings. The van der Waals surface area contributed by atoms with Crippen LogP contribution < -0.4 is 0 Å². The molecule has 1 N–H and O–H groups in total. The maximum absolute atomic E-state index is 12.5. The van der Waals surface area contributed by atoms with Crippen LogP contribution in [0.5, 0.6) is 0 Å². The zero-order chi connectivity index (χ0) is 15.7. The first-order chi connectivity index (χ1) is 10.5. The van der Waals surface area contributed by atoms with Gasteiger partial charge in [0, 0.05) is 26.8 Å². The third kappa shape index (κ3) is 2.93. The Balaban J connectivity index is 1.92. The molecule has 0 amide bonds. The molecule has 0 atom stereocenters. The molecule has 1 heterocycles. The van der Waals surface area contributed by atoms with Crippen LogP contribution in [-0.2, 0) is 0 Å². The van der Waals surface area contributed by atoms with Crippen molar-refractivity contribution in [1.82, 2.24) is 0 Å². The molecule has 0 fully saturated rings. The molecule has 110 valence electrons. The number of Topliss-reactive ketones (excluding diaryl/α,β-unsaturated/α-hetero) is 1. The number of hydrogen-bond donors (Lipinski definition) is 1. The van der Waals surface area contributed by atoms with Crippen molar-refractivity contribution in [3.63, 3.8) is 0 Å². The Morgan fingerprint density at radius 2 is 1.91 bits per heavy atom. The Morgan fingerprint density at radius 1 is 1.18 bits per heavy atom. The number of benzene rings is 2. The minimum absolute atomic E-state index is 0.0291. The SMILES string of the molecule is O=C(O)c1ccc(/C=C2\CSc3ccc(Cl)cc3C2=O)cc1. The minimum atomic E-state index is -0.966. The van der Waals surface area contributed by atoms with E-state index in [1.54, 1.807) is 42.1 Å². The summed E-state index contributed by atoms with van der Waals surface area (Å²) in [5, 5.41) is 9.43. The van der Waals surface area contributed by atoms with Crippen molar-refractivity contribution in [3.8, 4) is 0 Å². The maximum atomic E-state index is 12.5. The Hall–Kier alpha value is -2.04. The van der Waals surface area contributed by atoms with Gasteiger partial charge in [0.05, 0.1) is 5.56 Å². The van der Waals surface area contributed by atoms with E-state index in [1.807, 2.05) is 6.07 Å². The number of rotatable bonds is 2. The van der Waals surface area contributed by atoms with Gasteiger partial charge in [0.15, 0.2) is 5.78 Å². The van der Waals surface area contributed by atoms with Crippen LogP contribution in [0, 0.1) is 0 Å². The van der Waals surface area contributed by atoms with Crippen molar-refractivity contribution < 1.29 is 14.7 Å². The summed E-state index contributed by atoms with van der Waals surface area (Å²) in [7, 11) is 0. The summed E-state index contributed by atoms with van der Waals surface area (Å²) in [6.07, 6.45) is 1.80. The lowest BCUT2D eigenvalue weighted by Crippen LogP contribution is -2.12. The number of halogens is 1. The highest BCUT2D eigenvalue weighted by Gasteiger charge is 2.22. The van der Waals surface area contributed by atoms with E-state index in [4.69, 9.17) is 16.7 Å². The quantitative estimate of drug-likeness (QED) is 0.829. The van der Waals surface area contributed by atoms with E-state index in [2.05, 4.69) is 0 Å². The first-order valence-corrected chi connectivity index (χ1v) is 7.92. The van der Waals surface area contributed by atoms with Crippen LogP contribution >= 0.6 is 23.4 Å². The van der Waals surface area contributed by atoms with Gasteiger partial charge in [0.1, 0.15) is 0 Å². The van der Waals surface area contributed by atoms with Gasteiger partial charge >= 0.3 is 5.97 Å². The van der Waals surface area contributed by atoms with Gasteiger partial charge in [-0.05, 0) is 42.0 Å². The Bertz CT molecular complexity index is 794. The van der Waals surface area contributed by atoms with Crippen LogP contribution in [0.3, 0.4) is 0 Å². The lowest BCUT2D eigenvalue weighted by atomic mass is 10.0. The van der Waals surface area contributed by atoms with Crippen molar-refractivity contribution in [2.75, 3.05) is 5.75 Å². The van der Waals surface area contributed by atoms with Gasteiger partial charge < -0.3 is 5.11 Å². The average Bonchev–Trinajstić information content (AvgIpc) is 2.51. The van der Waals surface area contributed by atoms with Gasteiger partial charge in [-0.15, -0.1) is 11.8 Å². The zero-order valence-electron chi connectivity index (χ0n) is 11.4. The molecule has 1 aliphatic rings. The molecule has 1 aliphatic heterocycles. The number of ketones is 1. The van der Waals surface area contributed by atoms with Crippen LogP contribution in [-0.4, -0.2) is 22.6 Å². The fourth-order valence-corrected chi connectivity index (χ4v) is 3.40. The molecule has 3 rings (SSSR count). The molecule has 0 unspecified atom stereocenters. The normalized spacial score (nSPS) is 15.7. The fraction of sp³-hybridized carbons (Fsp3) is 0.0588. The van der Waals surface area contributed by atoms with Crippen molar-refractivity contribution in [2.24, 2.45) is 0 Å². The standard InChI is InChI=1S/C17H11ClO3S/c18-13-5-6-15-14(8-13)16(19)12(9-22-15)7-10-1-3-11(4-2-10)17(20)21/h1-8H,9H2,(H,20,21)/b12-7+. The van der Waals surface area contributed by atoms with E-state index < -0.39 is 5.97 Å².